The van der Waals surface area contributed by atoms with Crippen LogP contribution in [0.1, 0.15) is 51.2 Å². The first-order valence-corrected chi connectivity index (χ1v) is 5.51. The van der Waals surface area contributed by atoms with Crippen LogP contribution in [0.4, 0.5) is 0 Å². The van der Waals surface area contributed by atoms with Crippen LogP contribution in [0.2, 0.25) is 0 Å². The Labute approximate surface area is 145 Å². The highest BCUT2D eigenvalue weighted by molar-refractivity contribution is 5.88. The quantitative estimate of drug-likeness (QED) is 0.390. The average molecular weight is 356 g/mol. The summed E-state index contributed by atoms with van der Waals surface area (Å²) in [6.45, 7) is -1.46. The summed E-state index contributed by atoms with van der Waals surface area (Å²) >= 11 is 0. The Bertz CT molecular complexity index is 345. The van der Waals surface area contributed by atoms with Crippen molar-refractivity contribution in [1.82, 2.24) is 0 Å². The smallest absolute Gasteiger partial charge is 0.335 e. The number of carboxylic acids is 1. The number of aliphatic hydroxyl groups excluding tert-OH is 5. The first kappa shape index (κ1) is 38.2. The van der Waals surface area contributed by atoms with E-state index in [0.717, 1.165) is 0 Å². The van der Waals surface area contributed by atoms with E-state index < -0.39 is 12.8 Å². The molecule has 0 radical (unpaired) electrons. The van der Waals surface area contributed by atoms with Crippen LogP contribution in [0, 0.1) is 0 Å². The van der Waals surface area contributed by atoms with Gasteiger partial charge in [-0.25, -0.2) is 4.79 Å². The number of carboxylic acid groups (broad SMARTS) is 1. The van der Waals surface area contributed by atoms with E-state index in [4.69, 9.17) is 35.7 Å². The molecular weight excluding hydrogens is 320 g/mol. The fourth-order valence-corrected chi connectivity index (χ4v) is 1.07. The fraction of sp³-hybridized carbons (Fsp3) is 0.562. The van der Waals surface area contributed by atoms with Crippen LogP contribution in [-0.4, -0.2) is 61.7 Å². The summed E-state index contributed by atoms with van der Waals surface area (Å²) in [4.78, 5) is 10.6. The molecule has 1 aromatic rings. The van der Waals surface area contributed by atoms with Crippen molar-refractivity contribution >= 4 is 5.97 Å². The van der Waals surface area contributed by atoms with Gasteiger partial charge >= 0.3 is 5.97 Å². The molecule has 0 amide bonds. The maximum atomic E-state index is 10.6. The maximum absolute atomic E-state index is 10.6. The standard InChI is InChI=1S/C9H10O4.C2H6O2.CH4O2.4CH4/c10-4-6-1-7(5-11)3-8(2-6)9(12)13;3-1-2-4;2-1-3;;;;/h1-3,10-11H,4-5H2,(H,12,13);3-4H,1-2H2;2-3H,1H2;4*1H4. The van der Waals surface area contributed by atoms with Gasteiger partial charge in [-0.05, 0) is 23.3 Å². The zero-order valence-corrected chi connectivity index (χ0v) is 10.8. The first-order chi connectivity index (χ1) is 9.50. The molecule has 0 saturated heterocycles. The summed E-state index contributed by atoms with van der Waals surface area (Å²) in [5.41, 5.74) is 1.06. The van der Waals surface area contributed by atoms with Crippen LogP contribution in [0.3, 0.4) is 0 Å². The van der Waals surface area contributed by atoms with Gasteiger partial charge in [0.1, 0.15) is 6.79 Å². The number of benzene rings is 1. The van der Waals surface area contributed by atoms with Crippen LogP contribution >= 0.6 is 0 Å². The summed E-state index contributed by atoms with van der Waals surface area (Å²) in [7, 11) is 0. The monoisotopic (exact) mass is 356 g/mol. The summed E-state index contributed by atoms with van der Waals surface area (Å²) in [6, 6.07) is 4.31. The maximum Gasteiger partial charge on any atom is 0.335 e. The van der Waals surface area contributed by atoms with Crippen molar-refractivity contribution in [2.24, 2.45) is 0 Å². The number of hydrogen-bond acceptors (Lipinski definition) is 7. The van der Waals surface area contributed by atoms with Crippen molar-refractivity contribution in [3.63, 3.8) is 0 Å². The minimum Gasteiger partial charge on any atom is -0.478 e. The Balaban J connectivity index is -0.0000000642. The van der Waals surface area contributed by atoms with Crippen molar-refractivity contribution in [2.45, 2.75) is 42.9 Å². The van der Waals surface area contributed by atoms with Gasteiger partial charge in [-0.1, -0.05) is 35.8 Å². The second-order valence-corrected chi connectivity index (χ2v) is 3.25. The van der Waals surface area contributed by atoms with Gasteiger partial charge in [0, 0.05) is 0 Å². The molecular formula is C16H36O8. The van der Waals surface area contributed by atoms with Gasteiger partial charge in [-0.3, -0.25) is 0 Å². The van der Waals surface area contributed by atoms with Crippen molar-refractivity contribution in [2.75, 3.05) is 20.0 Å². The van der Waals surface area contributed by atoms with Crippen LogP contribution in [-0.2, 0) is 13.2 Å². The topological polar surface area (TPSA) is 159 Å². The molecule has 7 N–H and O–H groups in total. The number of aliphatic hydroxyl groups is 6. The molecule has 0 aromatic heterocycles. The van der Waals surface area contributed by atoms with E-state index in [1.54, 1.807) is 6.07 Å². The first-order valence-electron chi connectivity index (χ1n) is 5.51. The highest BCUT2D eigenvalue weighted by Gasteiger charge is 2.05. The van der Waals surface area contributed by atoms with Crippen molar-refractivity contribution < 1.29 is 40.5 Å². The van der Waals surface area contributed by atoms with E-state index in [1.165, 1.54) is 12.1 Å². The summed E-state index contributed by atoms with van der Waals surface area (Å²) < 4.78 is 0. The average Bonchev–Trinajstić information content (AvgIpc) is 2.47. The Morgan fingerprint density at radius 1 is 0.708 bits per heavy atom. The lowest BCUT2D eigenvalue weighted by Crippen LogP contribution is -2.00. The third kappa shape index (κ3) is 20.5. The van der Waals surface area contributed by atoms with Gasteiger partial charge in [0.2, 0.25) is 0 Å². The Morgan fingerprint density at radius 3 is 1.17 bits per heavy atom. The molecule has 8 heteroatoms. The molecule has 0 heterocycles. The Hall–Kier alpha value is -1.55. The van der Waals surface area contributed by atoms with E-state index in [-0.39, 0.29) is 61.7 Å². The van der Waals surface area contributed by atoms with E-state index >= 15 is 0 Å². The largest absolute Gasteiger partial charge is 0.478 e. The van der Waals surface area contributed by atoms with Gasteiger partial charge in [0.05, 0.1) is 32.0 Å². The predicted molar refractivity (Wildman–Crippen MR) is 95.6 cm³/mol. The molecule has 0 spiro atoms. The minimum atomic E-state index is -1.06. The zero-order chi connectivity index (χ0) is 16.0. The third-order valence-electron chi connectivity index (χ3n) is 1.76. The van der Waals surface area contributed by atoms with Crippen molar-refractivity contribution in [1.29, 1.82) is 0 Å². The molecule has 148 valence electrons. The molecule has 0 unspecified atom stereocenters. The van der Waals surface area contributed by atoms with Gasteiger partial charge < -0.3 is 35.7 Å². The summed E-state index contributed by atoms with van der Waals surface area (Å²) in [5, 5.41) is 55.7. The van der Waals surface area contributed by atoms with Crippen LogP contribution in [0.5, 0.6) is 0 Å². The molecule has 1 aromatic carbocycles. The number of aromatic carboxylic acids is 1. The third-order valence-corrected chi connectivity index (χ3v) is 1.76. The lowest BCUT2D eigenvalue weighted by molar-refractivity contribution is 0.0695. The molecule has 1 rings (SSSR count). The number of carbonyl (C=O) groups is 1. The fourth-order valence-electron chi connectivity index (χ4n) is 1.07. The lowest BCUT2D eigenvalue weighted by atomic mass is 10.1. The molecule has 0 aliphatic heterocycles. The highest BCUT2D eigenvalue weighted by atomic mass is 16.5. The molecule has 0 fully saturated rings. The van der Waals surface area contributed by atoms with E-state index in [9.17, 15) is 4.79 Å². The van der Waals surface area contributed by atoms with Gasteiger partial charge in [0.25, 0.3) is 0 Å². The highest BCUT2D eigenvalue weighted by Crippen LogP contribution is 2.10. The predicted octanol–water partition coefficient (Wildman–Crippen LogP) is 0.813. The minimum absolute atomic E-state index is 0. The van der Waals surface area contributed by atoms with E-state index in [1.807, 2.05) is 0 Å². The second kappa shape index (κ2) is 26.4. The molecule has 8 nitrogen and oxygen atoms in total. The van der Waals surface area contributed by atoms with Crippen molar-refractivity contribution in [3.8, 4) is 0 Å². The summed E-state index contributed by atoms with van der Waals surface area (Å²) in [5.74, 6) is -1.06. The van der Waals surface area contributed by atoms with Gasteiger partial charge in [-0.2, -0.15) is 0 Å². The number of hydrogen-bond donors (Lipinski definition) is 7. The second-order valence-electron chi connectivity index (χ2n) is 3.25. The molecule has 24 heavy (non-hydrogen) atoms. The SMILES string of the molecule is C.C.C.C.O=C(O)c1cc(CO)cc(CO)c1.OCCO.OCO. The zero-order valence-electron chi connectivity index (χ0n) is 10.8. The molecule has 0 bridgehead atoms. The van der Waals surface area contributed by atoms with Crippen LogP contribution < -0.4 is 0 Å². The van der Waals surface area contributed by atoms with E-state index in [0.29, 0.717) is 11.1 Å². The molecule has 0 saturated carbocycles. The van der Waals surface area contributed by atoms with Crippen molar-refractivity contribution in [3.05, 3.63) is 34.9 Å². The van der Waals surface area contributed by atoms with Crippen LogP contribution in [0.15, 0.2) is 18.2 Å². The Kier molecular flexibility index (Phi) is 41.9. The number of rotatable bonds is 4. The lowest BCUT2D eigenvalue weighted by Gasteiger charge is -2.02. The van der Waals surface area contributed by atoms with Crippen LogP contribution in [0.25, 0.3) is 0 Å². The normalized spacial score (nSPS) is 7.42. The molecule has 0 aliphatic carbocycles. The summed E-state index contributed by atoms with van der Waals surface area (Å²) in [6.07, 6.45) is 0. The van der Waals surface area contributed by atoms with Gasteiger partial charge in [0.15, 0.2) is 0 Å². The molecule has 0 atom stereocenters. The van der Waals surface area contributed by atoms with Gasteiger partial charge in [-0.15, -0.1) is 0 Å². The van der Waals surface area contributed by atoms with E-state index in [2.05, 4.69) is 0 Å². The molecule has 0 aliphatic rings. The Morgan fingerprint density at radius 2 is 1.00 bits per heavy atom.